The van der Waals surface area contributed by atoms with Gasteiger partial charge in [-0.1, -0.05) is 25.1 Å². The van der Waals surface area contributed by atoms with Crippen LogP contribution >= 0.6 is 0 Å². The van der Waals surface area contributed by atoms with Crippen molar-refractivity contribution >= 4 is 0 Å². The zero-order valence-corrected chi connectivity index (χ0v) is 11.3. The summed E-state index contributed by atoms with van der Waals surface area (Å²) in [4.78, 5) is 2.36. The molecule has 0 aliphatic carbocycles. The Labute approximate surface area is 109 Å². The number of hydrogen-bond acceptors (Lipinski definition) is 3. The van der Waals surface area contributed by atoms with Gasteiger partial charge in [-0.05, 0) is 31.9 Å². The molecule has 0 saturated carbocycles. The zero-order valence-electron chi connectivity index (χ0n) is 11.3. The zero-order chi connectivity index (χ0) is 13.0. The van der Waals surface area contributed by atoms with Gasteiger partial charge in [-0.25, -0.2) is 0 Å². The summed E-state index contributed by atoms with van der Waals surface area (Å²) >= 11 is 0. The summed E-state index contributed by atoms with van der Waals surface area (Å²) in [6, 6.07) is 8.48. The van der Waals surface area contributed by atoms with Crippen LogP contribution in [-0.4, -0.2) is 35.8 Å². The van der Waals surface area contributed by atoms with E-state index in [0.717, 1.165) is 18.8 Å². The molecule has 1 aliphatic heterocycles. The van der Waals surface area contributed by atoms with Crippen molar-refractivity contribution in [2.75, 3.05) is 19.8 Å². The van der Waals surface area contributed by atoms with Crippen LogP contribution in [0.4, 0.5) is 0 Å². The van der Waals surface area contributed by atoms with Crippen molar-refractivity contribution in [2.24, 2.45) is 5.92 Å². The van der Waals surface area contributed by atoms with Crippen LogP contribution in [0, 0.1) is 5.92 Å². The molecule has 2 rings (SSSR count). The Kier molecular flexibility index (Phi) is 4.61. The van der Waals surface area contributed by atoms with Crippen molar-refractivity contribution < 1.29 is 9.84 Å². The first-order chi connectivity index (χ1) is 8.76. The highest BCUT2D eigenvalue weighted by Crippen LogP contribution is 2.28. The van der Waals surface area contributed by atoms with Crippen LogP contribution in [0.5, 0.6) is 5.75 Å². The largest absolute Gasteiger partial charge is 0.494 e. The molecule has 2 atom stereocenters. The lowest BCUT2D eigenvalue weighted by Gasteiger charge is -2.25. The fraction of sp³-hybridized carbons (Fsp3) is 0.600. The molecule has 0 aromatic heterocycles. The third-order valence-corrected chi connectivity index (χ3v) is 3.83. The van der Waals surface area contributed by atoms with E-state index < -0.39 is 0 Å². The molecule has 0 bridgehead atoms. The van der Waals surface area contributed by atoms with Crippen molar-refractivity contribution in [3.8, 4) is 5.75 Å². The molecule has 3 nitrogen and oxygen atoms in total. The van der Waals surface area contributed by atoms with Crippen LogP contribution < -0.4 is 4.74 Å². The molecule has 1 heterocycles. The third kappa shape index (κ3) is 2.85. The first-order valence-electron chi connectivity index (χ1n) is 6.81. The van der Waals surface area contributed by atoms with E-state index in [1.54, 1.807) is 0 Å². The molecule has 100 valence electrons. The number of nitrogens with zero attached hydrogens (tertiary/aromatic N) is 1. The molecule has 1 aliphatic rings. The van der Waals surface area contributed by atoms with Crippen molar-refractivity contribution in [1.29, 1.82) is 0 Å². The smallest absolute Gasteiger partial charge is 0.123 e. The SMILES string of the molecule is CCOc1ccccc1CN1CCC(C)C1CO. The van der Waals surface area contributed by atoms with E-state index in [9.17, 15) is 5.11 Å². The maximum Gasteiger partial charge on any atom is 0.123 e. The number of para-hydroxylation sites is 1. The maximum atomic E-state index is 9.48. The van der Waals surface area contributed by atoms with E-state index in [-0.39, 0.29) is 6.61 Å². The Morgan fingerprint density at radius 3 is 2.89 bits per heavy atom. The Morgan fingerprint density at radius 1 is 1.39 bits per heavy atom. The number of aliphatic hydroxyl groups is 1. The first kappa shape index (κ1) is 13.4. The summed E-state index contributed by atoms with van der Waals surface area (Å²) in [5, 5.41) is 9.48. The molecule has 1 aromatic rings. The lowest BCUT2D eigenvalue weighted by molar-refractivity contribution is 0.133. The Morgan fingerprint density at radius 2 is 2.17 bits per heavy atom. The van der Waals surface area contributed by atoms with Crippen LogP contribution in [0.2, 0.25) is 0 Å². The molecule has 0 radical (unpaired) electrons. The number of ether oxygens (including phenoxy) is 1. The van der Waals surface area contributed by atoms with Crippen LogP contribution in [0.1, 0.15) is 25.8 Å². The number of aliphatic hydroxyl groups excluding tert-OH is 1. The van der Waals surface area contributed by atoms with Gasteiger partial charge in [0.2, 0.25) is 0 Å². The van der Waals surface area contributed by atoms with E-state index in [0.29, 0.717) is 18.6 Å². The second-order valence-electron chi connectivity index (χ2n) is 5.03. The van der Waals surface area contributed by atoms with Gasteiger partial charge in [-0.2, -0.15) is 0 Å². The van der Waals surface area contributed by atoms with Gasteiger partial charge < -0.3 is 9.84 Å². The first-order valence-corrected chi connectivity index (χ1v) is 6.81. The van der Waals surface area contributed by atoms with Crippen molar-refractivity contribution in [2.45, 2.75) is 32.9 Å². The summed E-state index contributed by atoms with van der Waals surface area (Å²) in [5.74, 6) is 1.55. The summed E-state index contributed by atoms with van der Waals surface area (Å²) < 4.78 is 5.65. The topological polar surface area (TPSA) is 32.7 Å². The van der Waals surface area contributed by atoms with Gasteiger partial charge in [0.1, 0.15) is 5.75 Å². The molecular weight excluding hydrogens is 226 g/mol. The molecule has 1 aromatic carbocycles. The summed E-state index contributed by atoms with van der Waals surface area (Å²) in [7, 11) is 0. The normalized spacial score (nSPS) is 24.4. The molecule has 1 N–H and O–H groups in total. The lowest BCUT2D eigenvalue weighted by Crippen LogP contribution is -2.34. The van der Waals surface area contributed by atoms with E-state index in [4.69, 9.17) is 4.74 Å². The molecule has 0 amide bonds. The molecule has 1 saturated heterocycles. The molecule has 18 heavy (non-hydrogen) atoms. The van der Waals surface area contributed by atoms with Crippen LogP contribution in [0.15, 0.2) is 24.3 Å². The van der Waals surface area contributed by atoms with Crippen LogP contribution in [0.25, 0.3) is 0 Å². The minimum absolute atomic E-state index is 0.248. The second-order valence-corrected chi connectivity index (χ2v) is 5.03. The average molecular weight is 249 g/mol. The summed E-state index contributed by atoms with van der Waals surface area (Å²) in [6.45, 7) is 7.09. The number of likely N-dealkylation sites (tertiary alicyclic amines) is 1. The number of rotatable bonds is 5. The highest BCUT2D eigenvalue weighted by atomic mass is 16.5. The van der Waals surface area contributed by atoms with Gasteiger partial charge in [0.05, 0.1) is 13.2 Å². The molecule has 3 heteroatoms. The predicted octanol–water partition coefficient (Wildman–Crippen LogP) is 2.29. The Hall–Kier alpha value is -1.06. The predicted molar refractivity (Wildman–Crippen MR) is 72.7 cm³/mol. The summed E-state index contributed by atoms with van der Waals surface area (Å²) in [5.41, 5.74) is 1.21. The lowest BCUT2D eigenvalue weighted by atomic mass is 10.0. The minimum Gasteiger partial charge on any atom is -0.494 e. The molecule has 1 fully saturated rings. The standard InChI is InChI=1S/C15H23NO2/c1-3-18-15-7-5-4-6-13(15)10-16-9-8-12(2)14(16)11-17/h4-7,12,14,17H,3,8-11H2,1-2H3. The average Bonchev–Trinajstić information content (AvgIpc) is 2.72. The Bertz CT molecular complexity index is 381. The van der Waals surface area contributed by atoms with E-state index in [1.807, 2.05) is 25.1 Å². The maximum absolute atomic E-state index is 9.48. The molecule has 2 unspecified atom stereocenters. The van der Waals surface area contributed by atoms with Gasteiger partial charge in [0, 0.05) is 18.2 Å². The van der Waals surface area contributed by atoms with Crippen LogP contribution in [-0.2, 0) is 6.54 Å². The highest BCUT2D eigenvalue weighted by molar-refractivity contribution is 5.33. The quantitative estimate of drug-likeness (QED) is 0.869. The molecule has 0 spiro atoms. The van der Waals surface area contributed by atoms with Gasteiger partial charge in [-0.3, -0.25) is 4.90 Å². The van der Waals surface area contributed by atoms with E-state index in [1.165, 1.54) is 12.0 Å². The summed E-state index contributed by atoms with van der Waals surface area (Å²) in [6.07, 6.45) is 1.17. The molecular formula is C15H23NO2. The number of hydrogen-bond donors (Lipinski definition) is 1. The third-order valence-electron chi connectivity index (χ3n) is 3.83. The van der Waals surface area contributed by atoms with Gasteiger partial charge in [0.15, 0.2) is 0 Å². The number of benzene rings is 1. The fourth-order valence-electron chi connectivity index (χ4n) is 2.73. The Balaban J connectivity index is 2.09. The highest BCUT2D eigenvalue weighted by Gasteiger charge is 2.30. The van der Waals surface area contributed by atoms with Gasteiger partial charge >= 0.3 is 0 Å². The van der Waals surface area contributed by atoms with Crippen LogP contribution in [0.3, 0.4) is 0 Å². The van der Waals surface area contributed by atoms with Crippen molar-refractivity contribution in [1.82, 2.24) is 4.90 Å². The van der Waals surface area contributed by atoms with E-state index >= 15 is 0 Å². The van der Waals surface area contributed by atoms with Gasteiger partial charge in [-0.15, -0.1) is 0 Å². The second kappa shape index (κ2) is 6.21. The monoisotopic (exact) mass is 249 g/mol. The minimum atomic E-state index is 0.248. The van der Waals surface area contributed by atoms with E-state index in [2.05, 4.69) is 17.9 Å². The van der Waals surface area contributed by atoms with Crippen molar-refractivity contribution in [3.05, 3.63) is 29.8 Å². The van der Waals surface area contributed by atoms with Gasteiger partial charge in [0.25, 0.3) is 0 Å². The fourth-order valence-corrected chi connectivity index (χ4v) is 2.73. The van der Waals surface area contributed by atoms with Crippen molar-refractivity contribution in [3.63, 3.8) is 0 Å².